The molecule has 25 heavy (non-hydrogen) atoms. The molecule has 1 aliphatic heterocycles. The summed E-state index contributed by atoms with van der Waals surface area (Å²) in [6, 6.07) is 1.51. The lowest BCUT2D eigenvalue weighted by molar-refractivity contribution is -0.148. The third-order valence-corrected chi connectivity index (χ3v) is 3.55. The van der Waals surface area contributed by atoms with Crippen LogP contribution < -0.4 is 11.0 Å². The Morgan fingerprint density at radius 1 is 1.40 bits per heavy atom. The van der Waals surface area contributed by atoms with Gasteiger partial charge >= 0.3 is 11.7 Å². The summed E-state index contributed by atoms with van der Waals surface area (Å²) in [6.07, 6.45) is 5.08. The molecule has 2 heterocycles. The molecular weight excluding hydrogens is 326 g/mol. The minimum atomic E-state index is -0.620. The molecule has 2 atom stereocenters. The Bertz CT molecular complexity index is 710. The number of carbonyl (C=O) groups excluding carboxylic acids is 2. The van der Waals surface area contributed by atoms with E-state index in [4.69, 9.17) is 9.47 Å². The number of rotatable bonds is 7. The number of nitrogens with one attached hydrogen (secondary N) is 1. The second-order valence-corrected chi connectivity index (χ2v) is 6.25. The van der Waals surface area contributed by atoms with Gasteiger partial charge in [0.05, 0.1) is 0 Å². The van der Waals surface area contributed by atoms with Gasteiger partial charge in [0.25, 0.3) is 0 Å². The number of ether oxygens (including phenoxy) is 2. The van der Waals surface area contributed by atoms with Crippen molar-refractivity contribution >= 4 is 17.7 Å². The fraction of sp³-hybridized carbons (Fsp3) is 0.529. The van der Waals surface area contributed by atoms with Gasteiger partial charge in [0, 0.05) is 19.5 Å². The normalized spacial score (nSPS) is 19.2. The summed E-state index contributed by atoms with van der Waals surface area (Å²) in [5.41, 5.74) is -0.546. The van der Waals surface area contributed by atoms with Crippen LogP contribution in [-0.2, 0) is 19.1 Å². The molecule has 0 spiro atoms. The second kappa shape index (κ2) is 8.57. The number of esters is 1. The van der Waals surface area contributed by atoms with Crippen LogP contribution in [0.5, 0.6) is 0 Å². The van der Waals surface area contributed by atoms with Crippen LogP contribution in [-0.4, -0.2) is 34.1 Å². The van der Waals surface area contributed by atoms with Gasteiger partial charge in [0.1, 0.15) is 18.5 Å². The van der Waals surface area contributed by atoms with Crippen molar-refractivity contribution in [1.82, 2.24) is 9.55 Å². The molecule has 0 fully saturated rings. The topological polar surface area (TPSA) is 99.5 Å². The largest absolute Gasteiger partial charge is 0.463 e. The highest BCUT2D eigenvalue weighted by Gasteiger charge is 2.23. The lowest BCUT2D eigenvalue weighted by atomic mass is 10.1. The molecule has 1 N–H and O–H groups in total. The zero-order valence-corrected chi connectivity index (χ0v) is 14.6. The second-order valence-electron chi connectivity index (χ2n) is 6.25. The number of aromatic nitrogens is 2. The molecule has 1 aromatic rings. The Morgan fingerprint density at radius 2 is 2.16 bits per heavy atom. The third kappa shape index (κ3) is 5.82. The number of carbonyl (C=O) groups is 2. The molecule has 1 aliphatic rings. The molecule has 136 valence electrons. The van der Waals surface area contributed by atoms with E-state index in [0.717, 1.165) is 6.42 Å². The number of anilines is 1. The van der Waals surface area contributed by atoms with Crippen LogP contribution in [0.3, 0.4) is 0 Å². The van der Waals surface area contributed by atoms with Gasteiger partial charge in [-0.05, 0) is 24.5 Å². The number of hydrogen-bond donors (Lipinski definition) is 1. The molecule has 0 aromatic carbocycles. The minimum absolute atomic E-state index is 0.107. The van der Waals surface area contributed by atoms with E-state index < -0.39 is 18.0 Å². The molecule has 0 saturated heterocycles. The number of nitrogens with zero attached hydrogens (tertiary/aromatic N) is 2. The van der Waals surface area contributed by atoms with E-state index in [9.17, 15) is 14.4 Å². The smallest absolute Gasteiger partial charge is 0.351 e. The van der Waals surface area contributed by atoms with Gasteiger partial charge in [-0.3, -0.25) is 14.2 Å². The highest BCUT2D eigenvalue weighted by molar-refractivity contribution is 5.87. The molecule has 0 radical (unpaired) electrons. The van der Waals surface area contributed by atoms with Crippen LogP contribution in [0.25, 0.3) is 0 Å². The van der Waals surface area contributed by atoms with Gasteiger partial charge < -0.3 is 14.8 Å². The quantitative estimate of drug-likeness (QED) is 0.593. The predicted octanol–water partition coefficient (Wildman–Crippen LogP) is 1.63. The van der Waals surface area contributed by atoms with Crippen molar-refractivity contribution in [2.45, 2.75) is 45.9 Å². The van der Waals surface area contributed by atoms with Crippen molar-refractivity contribution in [3.63, 3.8) is 0 Å². The summed E-state index contributed by atoms with van der Waals surface area (Å²) in [7, 11) is 0. The van der Waals surface area contributed by atoms with Crippen LogP contribution >= 0.6 is 0 Å². The first-order valence-electron chi connectivity index (χ1n) is 8.21. The summed E-state index contributed by atoms with van der Waals surface area (Å²) >= 11 is 0. The summed E-state index contributed by atoms with van der Waals surface area (Å²) in [4.78, 5) is 38.4. The molecule has 8 heteroatoms. The highest BCUT2D eigenvalue weighted by atomic mass is 16.6. The van der Waals surface area contributed by atoms with E-state index in [1.165, 1.54) is 23.8 Å². The van der Waals surface area contributed by atoms with Gasteiger partial charge in [0.15, 0.2) is 6.23 Å². The Balaban J connectivity index is 1.86. The van der Waals surface area contributed by atoms with E-state index in [1.807, 2.05) is 13.8 Å². The molecule has 1 aromatic heterocycles. The average Bonchev–Trinajstić information content (AvgIpc) is 2.99. The number of amides is 1. The molecule has 0 unspecified atom stereocenters. The van der Waals surface area contributed by atoms with Crippen molar-refractivity contribution in [2.75, 3.05) is 11.9 Å². The van der Waals surface area contributed by atoms with E-state index in [-0.39, 0.29) is 24.3 Å². The average molecular weight is 349 g/mol. The highest BCUT2D eigenvalue weighted by Crippen LogP contribution is 2.20. The van der Waals surface area contributed by atoms with E-state index in [2.05, 4.69) is 10.3 Å². The van der Waals surface area contributed by atoms with Crippen molar-refractivity contribution in [1.29, 1.82) is 0 Å². The Labute approximate surface area is 145 Å². The lowest BCUT2D eigenvalue weighted by Gasteiger charge is -2.16. The first-order valence-corrected chi connectivity index (χ1v) is 8.21. The molecule has 0 saturated carbocycles. The fourth-order valence-corrected chi connectivity index (χ4v) is 2.25. The first kappa shape index (κ1) is 18.9. The van der Waals surface area contributed by atoms with Crippen molar-refractivity contribution in [3.8, 4) is 0 Å². The lowest BCUT2D eigenvalue weighted by Crippen LogP contribution is -2.29. The maximum absolute atomic E-state index is 12.0. The Kier molecular flexibility index (Phi) is 6.46. The molecule has 0 bridgehead atoms. The van der Waals surface area contributed by atoms with Crippen molar-refractivity contribution in [2.24, 2.45) is 5.92 Å². The summed E-state index contributed by atoms with van der Waals surface area (Å²) in [5.74, 6) is 0.0689. The fourth-order valence-electron chi connectivity index (χ4n) is 2.25. The van der Waals surface area contributed by atoms with E-state index in [1.54, 1.807) is 12.2 Å². The minimum Gasteiger partial charge on any atom is -0.463 e. The molecule has 2 rings (SSSR count). The molecular formula is C17H23N3O5. The third-order valence-electron chi connectivity index (χ3n) is 3.55. The van der Waals surface area contributed by atoms with Gasteiger partial charge in [-0.15, -0.1) is 0 Å². The van der Waals surface area contributed by atoms with E-state index >= 15 is 0 Å². The van der Waals surface area contributed by atoms with Crippen LogP contribution in [0, 0.1) is 5.92 Å². The standard InChI is InChI=1S/C17H23N3O5/c1-11(2)4-7-16(22)24-10-13-5-6-15(25-13)20-9-8-14(18-12(3)21)19-17(20)23/h5-6,8-9,11,13,15H,4,7,10H2,1-3H3,(H,18,19,21,23)/t13-,15+/m0/s1. The zero-order valence-electron chi connectivity index (χ0n) is 14.6. The Morgan fingerprint density at radius 3 is 2.80 bits per heavy atom. The van der Waals surface area contributed by atoms with Gasteiger partial charge in [-0.2, -0.15) is 4.98 Å². The SMILES string of the molecule is CC(=O)Nc1ccn([C@H]2C=C[C@@H](COC(=O)CCC(C)C)O2)c(=O)n1. The van der Waals surface area contributed by atoms with Crippen LogP contribution in [0.2, 0.25) is 0 Å². The van der Waals surface area contributed by atoms with Crippen molar-refractivity contribution < 1.29 is 19.1 Å². The Hall–Kier alpha value is -2.48. The van der Waals surface area contributed by atoms with Crippen LogP contribution in [0.1, 0.15) is 39.8 Å². The monoisotopic (exact) mass is 349 g/mol. The van der Waals surface area contributed by atoms with Gasteiger partial charge in [-0.25, -0.2) is 4.79 Å². The summed E-state index contributed by atoms with van der Waals surface area (Å²) in [5, 5.41) is 2.45. The van der Waals surface area contributed by atoms with Gasteiger partial charge in [0.2, 0.25) is 5.91 Å². The summed E-state index contributed by atoms with van der Waals surface area (Å²) in [6.45, 7) is 5.53. The predicted molar refractivity (Wildman–Crippen MR) is 90.9 cm³/mol. The van der Waals surface area contributed by atoms with Crippen LogP contribution in [0.15, 0.2) is 29.2 Å². The maximum atomic E-state index is 12.0. The van der Waals surface area contributed by atoms with Crippen LogP contribution in [0.4, 0.5) is 5.82 Å². The summed E-state index contributed by atoms with van der Waals surface area (Å²) < 4.78 is 12.2. The first-order chi connectivity index (χ1) is 11.8. The zero-order chi connectivity index (χ0) is 18.4. The molecule has 8 nitrogen and oxygen atoms in total. The van der Waals surface area contributed by atoms with Crippen molar-refractivity contribution in [3.05, 3.63) is 34.9 Å². The maximum Gasteiger partial charge on any atom is 0.351 e. The number of hydrogen-bond acceptors (Lipinski definition) is 6. The molecule has 0 aliphatic carbocycles. The van der Waals surface area contributed by atoms with E-state index in [0.29, 0.717) is 12.3 Å². The van der Waals surface area contributed by atoms with Gasteiger partial charge in [-0.1, -0.05) is 19.9 Å². The molecule has 1 amide bonds.